The van der Waals surface area contributed by atoms with Crippen LogP contribution in [0.25, 0.3) is 21.5 Å². The van der Waals surface area contributed by atoms with Gasteiger partial charge in [0.05, 0.1) is 12.2 Å². The lowest BCUT2D eigenvalue weighted by molar-refractivity contribution is -0.138. The number of aryl methyl sites for hydroxylation is 2. The van der Waals surface area contributed by atoms with Crippen LogP contribution < -0.4 is 10.3 Å². The van der Waals surface area contributed by atoms with Crippen molar-refractivity contribution < 1.29 is 17.9 Å². The van der Waals surface area contributed by atoms with Crippen molar-refractivity contribution in [2.75, 3.05) is 0 Å². The van der Waals surface area contributed by atoms with Crippen LogP contribution in [0, 0.1) is 13.8 Å². The molecule has 0 bridgehead atoms. The molecule has 0 saturated heterocycles. The van der Waals surface area contributed by atoms with E-state index < -0.39 is 17.3 Å². The quantitative estimate of drug-likeness (QED) is 0.266. The summed E-state index contributed by atoms with van der Waals surface area (Å²) < 4.78 is 46.9. The molecule has 4 heterocycles. The van der Waals surface area contributed by atoms with Crippen LogP contribution in [0.2, 0.25) is 0 Å². The Bertz CT molecular complexity index is 1650. The standard InChI is InChI=1S/C27H21F3N4O2S/c1-16-8-9-31-22(14-34-11-4-6-21(26(34)35)27(28,29)30)20(16)15-36-23-7-3-5-18-19(25-32-10-12-37-25)13-17(2)33-24(18)23/h3-13H,14-15H2,1-2H3. The number of aromatic nitrogens is 4. The first-order valence-electron chi connectivity index (χ1n) is 11.4. The maximum absolute atomic E-state index is 13.2. The zero-order valence-electron chi connectivity index (χ0n) is 19.9. The monoisotopic (exact) mass is 522 g/mol. The molecule has 0 saturated carbocycles. The van der Waals surface area contributed by atoms with E-state index in [1.54, 1.807) is 18.5 Å². The zero-order chi connectivity index (χ0) is 26.2. The molecule has 5 rings (SSSR count). The van der Waals surface area contributed by atoms with Gasteiger partial charge in [0.2, 0.25) is 0 Å². The van der Waals surface area contributed by atoms with Crippen molar-refractivity contribution in [2.24, 2.45) is 0 Å². The van der Waals surface area contributed by atoms with Crippen LogP contribution in [0.15, 0.2) is 71.2 Å². The van der Waals surface area contributed by atoms with E-state index in [0.29, 0.717) is 22.5 Å². The van der Waals surface area contributed by atoms with Gasteiger partial charge in [-0.25, -0.2) is 9.97 Å². The molecule has 0 aliphatic heterocycles. The Morgan fingerprint density at radius 1 is 1.05 bits per heavy atom. The number of benzene rings is 1. The van der Waals surface area contributed by atoms with Crippen LogP contribution in [-0.4, -0.2) is 19.5 Å². The van der Waals surface area contributed by atoms with Crippen LogP contribution in [0.5, 0.6) is 5.75 Å². The van der Waals surface area contributed by atoms with Crippen molar-refractivity contribution >= 4 is 22.2 Å². The van der Waals surface area contributed by atoms with E-state index in [1.807, 2.05) is 43.5 Å². The van der Waals surface area contributed by atoms with Crippen LogP contribution in [0.1, 0.15) is 28.1 Å². The molecular weight excluding hydrogens is 501 g/mol. The molecule has 0 aliphatic rings. The first-order chi connectivity index (χ1) is 17.7. The highest BCUT2D eigenvalue weighted by atomic mass is 32.1. The number of hydrogen-bond acceptors (Lipinski definition) is 6. The molecule has 188 valence electrons. The summed E-state index contributed by atoms with van der Waals surface area (Å²) in [6, 6.07) is 11.4. The third kappa shape index (κ3) is 4.97. The number of para-hydroxylation sites is 1. The largest absolute Gasteiger partial charge is 0.487 e. The Labute approximate surface area is 214 Å². The lowest BCUT2D eigenvalue weighted by Crippen LogP contribution is -2.29. The Kier molecular flexibility index (Phi) is 6.51. The van der Waals surface area contributed by atoms with Crippen molar-refractivity contribution in [1.29, 1.82) is 0 Å². The molecule has 0 radical (unpaired) electrons. The Morgan fingerprint density at radius 3 is 2.65 bits per heavy atom. The van der Waals surface area contributed by atoms with E-state index in [4.69, 9.17) is 9.72 Å². The minimum absolute atomic E-state index is 0.101. The number of thiazole rings is 1. The third-order valence-corrected chi connectivity index (χ3v) is 6.80. The van der Waals surface area contributed by atoms with E-state index in [-0.39, 0.29) is 13.2 Å². The van der Waals surface area contributed by atoms with Crippen molar-refractivity contribution in [2.45, 2.75) is 33.2 Å². The van der Waals surface area contributed by atoms with E-state index in [0.717, 1.165) is 37.8 Å². The number of fused-ring (bicyclic) bond motifs is 1. The molecule has 0 unspecified atom stereocenters. The predicted octanol–water partition coefficient (Wildman–Crippen LogP) is 6.18. The van der Waals surface area contributed by atoms with Gasteiger partial charge in [0.15, 0.2) is 0 Å². The molecular formula is C27H21F3N4O2S. The summed E-state index contributed by atoms with van der Waals surface area (Å²) >= 11 is 1.54. The summed E-state index contributed by atoms with van der Waals surface area (Å²) in [6.45, 7) is 3.75. The Balaban J connectivity index is 1.49. The van der Waals surface area contributed by atoms with Crippen molar-refractivity contribution in [3.63, 3.8) is 0 Å². The van der Waals surface area contributed by atoms with Crippen molar-refractivity contribution in [3.05, 3.63) is 105 Å². The SMILES string of the molecule is Cc1cc(-c2nccs2)c2cccc(OCc3c(C)ccnc3Cn3cccc(C(F)(F)F)c3=O)c2n1. The highest BCUT2D eigenvalue weighted by Crippen LogP contribution is 2.34. The zero-order valence-corrected chi connectivity index (χ0v) is 20.7. The van der Waals surface area contributed by atoms with Gasteiger partial charge in [-0.05, 0) is 49.7 Å². The number of pyridine rings is 3. The second-order valence-electron chi connectivity index (χ2n) is 8.50. The average molecular weight is 523 g/mol. The lowest BCUT2D eigenvalue weighted by atomic mass is 10.1. The molecule has 6 nitrogen and oxygen atoms in total. The first kappa shape index (κ1) is 24.6. The smallest absolute Gasteiger partial charge is 0.421 e. The molecule has 1 aromatic carbocycles. The number of rotatable bonds is 6. The topological polar surface area (TPSA) is 69.9 Å². The van der Waals surface area contributed by atoms with Gasteiger partial charge in [0, 0.05) is 46.2 Å². The molecule has 0 amide bonds. The third-order valence-electron chi connectivity index (χ3n) is 5.99. The summed E-state index contributed by atoms with van der Waals surface area (Å²) in [5, 5.41) is 3.70. The molecule has 0 atom stereocenters. The summed E-state index contributed by atoms with van der Waals surface area (Å²) in [7, 11) is 0. The first-order valence-corrected chi connectivity index (χ1v) is 12.2. The van der Waals surface area contributed by atoms with Crippen LogP contribution in [-0.2, 0) is 19.3 Å². The van der Waals surface area contributed by atoms with Crippen molar-refractivity contribution in [1.82, 2.24) is 19.5 Å². The predicted molar refractivity (Wildman–Crippen MR) is 136 cm³/mol. The maximum atomic E-state index is 13.2. The van der Waals surface area contributed by atoms with Crippen LogP contribution in [0.4, 0.5) is 13.2 Å². The summed E-state index contributed by atoms with van der Waals surface area (Å²) in [5.41, 5.74) is 2.12. The average Bonchev–Trinajstić information content (AvgIpc) is 3.39. The van der Waals surface area contributed by atoms with Gasteiger partial charge in [-0.2, -0.15) is 13.2 Å². The highest BCUT2D eigenvalue weighted by molar-refractivity contribution is 7.13. The second kappa shape index (κ2) is 9.78. The highest BCUT2D eigenvalue weighted by Gasteiger charge is 2.34. The van der Waals surface area contributed by atoms with Crippen molar-refractivity contribution in [3.8, 4) is 16.3 Å². The summed E-state index contributed by atoms with van der Waals surface area (Å²) in [6.07, 6.45) is -0.0901. The molecule has 4 aromatic heterocycles. The molecule has 37 heavy (non-hydrogen) atoms. The Hall–Kier alpha value is -4.05. The van der Waals surface area contributed by atoms with Gasteiger partial charge in [0.1, 0.15) is 28.4 Å². The summed E-state index contributed by atoms with van der Waals surface area (Å²) in [5.74, 6) is 0.560. The molecule has 5 aromatic rings. The van der Waals surface area contributed by atoms with Gasteiger partial charge in [-0.15, -0.1) is 11.3 Å². The Morgan fingerprint density at radius 2 is 1.89 bits per heavy atom. The number of ether oxygens (including phenoxy) is 1. The van der Waals surface area contributed by atoms with E-state index in [9.17, 15) is 18.0 Å². The number of nitrogens with zero attached hydrogens (tertiary/aromatic N) is 4. The maximum Gasteiger partial charge on any atom is 0.421 e. The molecule has 0 N–H and O–H groups in total. The lowest BCUT2D eigenvalue weighted by Gasteiger charge is -2.16. The number of halogens is 3. The normalized spacial score (nSPS) is 11.7. The molecule has 10 heteroatoms. The van der Waals surface area contributed by atoms with Gasteiger partial charge in [-0.3, -0.25) is 9.78 Å². The molecule has 0 fully saturated rings. The van der Waals surface area contributed by atoms with Gasteiger partial charge < -0.3 is 9.30 Å². The fourth-order valence-corrected chi connectivity index (χ4v) is 4.84. The van der Waals surface area contributed by atoms with Gasteiger partial charge in [-0.1, -0.05) is 12.1 Å². The van der Waals surface area contributed by atoms with Crippen LogP contribution in [0.3, 0.4) is 0 Å². The second-order valence-corrected chi connectivity index (χ2v) is 9.39. The van der Waals surface area contributed by atoms with Gasteiger partial charge in [0.25, 0.3) is 5.56 Å². The van der Waals surface area contributed by atoms with E-state index in [1.165, 1.54) is 23.6 Å². The number of alkyl halides is 3. The minimum atomic E-state index is -4.73. The fourth-order valence-electron chi connectivity index (χ4n) is 4.17. The van der Waals surface area contributed by atoms with E-state index in [2.05, 4.69) is 9.97 Å². The van der Waals surface area contributed by atoms with Gasteiger partial charge >= 0.3 is 6.18 Å². The number of hydrogen-bond donors (Lipinski definition) is 0. The molecule has 0 spiro atoms. The fraction of sp³-hybridized carbons (Fsp3) is 0.185. The molecule has 0 aliphatic carbocycles. The van der Waals surface area contributed by atoms with E-state index >= 15 is 0 Å². The minimum Gasteiger partial charge on any atom is -0.487 e. The van der Waals surface area contributed by atoms with Crippen LogP contribution >= 0.6 is 11.3 Å². The summed E-state index contributed by atoms with van der Waals surface area (Å²) in [4.78, 5) is 26.0.